The minimum absolute atomic E-state index is 0.225. The van der Waals surface area contributed by atoms with Gasteiger partial charge in [0.15, 0.2) is 0 Å². The second kappa shape index (κ2) is 9.01. The van der Waals surface area contributed by atoms with E-state index < -0.39 is 0 Å². The summed E-state index contributed by atoms with van der Waals surface area (Å²) in [5.74, 6) is 0.695. The van der Waals surface area contributed by atoms with Crippen molar-refractivity contribution in [3.63, 3.8) is 0 Å². The van der Waals surface area contributed by atoms with Crippen molar-refractivity contribution in [3.8, 4) is 11.1 Å². The van der Waals surface area contributed by atoms with Gasteiger partial charge in [-0.25, -0.2) is 0 Å². The monoisotopic (exact) mass is 461 g/mol. The number of rotatable bonds is 6. The molecule has 6 rings (SSSR count). The fourth-order valence-electron chi connectivity index (χ4n) is 6.03. The highest BCUT2D eigenvalue weighted by Crippen LogP contribution is 2.35. The van der Waals surface area contributed by atoms with E-state index in [1.54, 1.807) is 11.3 Å². The number of hydrogen-bond acceptors (Lipinski definition) is 4. The fourth-order valence-corrected chi connectivity index (χ4v) is 6.95. The van der Waals surface area contributed by atoms with Crippen LogP contribution in [0.25, 0.3) is 21.2 Å². The predicted molar refractivity (Wildman–Crippen MR) is 138 cm³/mol. The lowest BCUT2D eigenvalue weighted by atomic mass is 9.95. The molecule has 0 amide bonds. The Morgan fingerprint density at radius 1 is 1.03 bits per heavy atom. The molecule has 4 nitrogen and oxygen atoms in total. The second-order valence-electron chi connectivity index (χ2n) is 10.3. The average molecular weight is 462 g/mol. The van der Waals surface area contributed by atoms with E-state index in [0.717, 1.165) is 37.2 Å². The van der Waals surface area contributed by atoms with Crippen LogP contribution in [-0.4, -0.2) is 46.6 Å². The van der Waals surface area contributed by atoms with E-state index in [-0.39, 0.29) is 5.56 Å². The summed E-state index contributed by atoms with van der Waals surface area (Å²) in [5.41, 5.74) is 4.95. The molecular formula is C28H35N3OS. The zero-order valence-electron chi connectivity index (χ0n) is 19.8. The third-order valence-electron chi connectivity index (χ3n) is 8.02. The fraction of sp³-hybridized carbons (Fsp3) is 0.536. The van der Waals surface area contributed by atoms with E-state index in [9.17, 15) is 4.79 Å². The Kier molecular flexibility index (Phi) is 5.89. The van der Waals surface area contributed by atoms with E-state index in [1.165, 1.54) is 73.1 Å². The molecule has 1 saturated carbocycles. The second-order valence-corrected chi connectivity index (χ2v) is 11.2. The molecule has 0 unspecified atom stereocenters. The third-order valence-corrected chi connectivity index (χ3v) is 8.98. The molecule has 2 aromatic heterocycles. The van der Waals surface area contributed by atoms with E-state index in [0.29, 0.717) is 12.0 Å². The first kappa shape index (κ1) is 21.6. The van der Waals surface area contributed by atoms with E-state index in [2.05, 4.69) is 57.0 Å². The smallest absolute Gasteiger partial charge is 0.258 e. The minimum atomic E-state index is 0.225. The summed E-state index contributed by atoms with van der Waals surface area (Å²) in [6.45, 7) is 8.97. The molecule has 33 heavy (non-hydrogen) atoms. The quantitative estimate of drug-likeness (QED) is 0.494. The number of hydrogen-bond donors (Lipinski definition) is 0. The number of nitrogens with zero attached hydrogens (tertiary/aromatic N) is 3. The predicted octanol–water partition coefficient (Wildman–Crippen LogP) is 5.37. The first-order valence-corrected chi connectivity index (χ1v) is 13.8. The summed E-state index contributed by atoms with van der Waals surface area (Å²) in [6.07, 6.45) is 7.36. The Hall–Kier alpha value is -1.95. The zero-order chi connectivity index (χ0) is 22.4. The number of thiophene rings is 1. The van der Waals surface area contributed by atoms with Crippen LogP contribution in [0, 0.1) is 5.92 Å². The van der Waals surface area contributed by atoms with Gasteiger partial charge in [-0.1, -0.05) is 25.1 Å². The summed E-state index contributed by atoms with van der Waals surface area (Å²) in [7, 11) is 0. The Morgan fingerprint density at radius 2 is 1.88 bits per heavy atom. The van der Waals surface area contributed by atoms with Crippen LogP contribution in [0.15, 0.2) is 40.5 Å². The molecule has 3 aromatic rings. The van der Waals surface area contributed by atoms with Gasteiger partial charge in [0.2, 0.25) is 0 Å². The first-order valence-electron chi connectivity index (χ1n) is 12.9. The molecule has 4 heterocycles. The van der Waals surface area contributed by atoms with Crippen molar-refractivity contribution in [1.82, 2.24) is 14.4 Å². The standard InChI is InChI=1S/C28H35N3OS/c1-2-12-29-13-8-23(9-14-29)30-15-10-26-22(19-30)17-25(28(32)31(26)18-20-6-7-20)24-5-3-4-21-11-16-33-27(21)24/h3-5,11,16-17,20,23H,2,6-10,12-15,18-19H2,1H3. The van der Waals surface area contributed by atoms with Gasteiger partial charge < -0.3 is 9.47 Å². The molecule has 1 saturated heterocycles. The van der Waals surface area contributed by atoms with Crippen LogP contribution in [0.5, 0.6) is 0 Å². The van der Waals surface area contributed by atoms with E-state index in [1.807, 2.05) is 0 Å². The van der Waals surface area contributed by atoms with Crippen LogP contribution >= 0.6 is 11.3 Å². The number of pyridine rings is 1. The van der Waals surface area contributed by atoms with Crippen molar-refractivity contribution in [2.24, 2.45) is 5.92 Å². The van der Waals surface area contributed by atoms with Gasteiger partial charge in [-0.2, -0.15) is 0 Å². The van der Waals surface area contributed by atoms with Crippen LogP contribution in [0.2, 0.25) is 0 Å². The number of fused-ring (bicyclic) bond motifs is 2. The first-order chi connectivity index (χ1) is 16.2. The van der Waals surface area contributed by atoms with Crippen LogP contribution < -0.4 is 5.56 Å². The highest BCUT2D eigenvalue weighted by atomic mass is 32.1. The maximum Gasteiger partial charge on any atom is 0.258 e. The summed E-state index contributed by atoms with van der Waals surface area (Å²) >= 11 is 1.75. The van der Waals surface area contributed by atoms with E-state index >= 15 is 0 Å². The Labute approximate surface area is 200 Å². The van der Waals surface area contributed by atoms with Gasteiger partial charge in [0.1, 0.15) is 0 Å². The van der Waals surface area contributed by atoms with Crippen molar-refractivity contribution in [1.29, 1.82) is 0 Å². The molecule has 1 aliphatic carbocycles. The third kappa shape index (κ3) is 4.20. The normalized spacial score (nSPS) is 20.4. The van der Waals surface area contributed by atoms with Crippen molar-refractivity contribution < 1.29 is 0 Å². The molecule has 0 spiro atoms. The highest BCUT2D eigenvalue weighted by molar-refractivity contribution is 7.17. The number of piperidine rings is 1. The van der Waals surface area contributed by atoms with Gasteiger partial charge in [-0.05, 0) is 86.1 Å². The number of likely N-dealkylation sites (tertiary alicyclic amines) is 1. The maximum atomic E-state index is 13.8. The molecule has 0 bridgehead atoms. The molecule has 0 N–H and O–H groups in total. The Balaban J connectivity index is 1.35. The van der Waals surface area contributed by atoms with Crippen molar-refractivity contribution in [2.75, 3.05) is 26.2 Å². The number of aromatic nitrogens is 1. The lowest BCUT2D eigenvalue weighted by Crippen LogP contribution is -2.47. The molecule has 2 aliphatic heterocycles. The summed E-state index contributed by atoms with van der Waals surface area (Å²) < 4.78 is 3.42. The SMILES string of the molecule is CCCN1CCC(N2CCc3c(cc(-c4cccc5ccsc45)c(=O)n3CC3CC3)C2)CC1. The molecule has 5 heteroatoms. The van der Waals surface area contributed by atoms with Crippen LogP contribution in [0.4, 0.5) is 0 Å². The zero-order valence-corrected chi connectivity index (χ0v) is 20.6. The lowest BCUT2D eigenvalue weighted by molar-refractivity contribution is 0.0968. The highest BCUT2D eigenvalue weighted by Gasteiger charge is 2.31. The van der Waals surface area contributed by atoms with Gasteiger partial charge in [-0.3, -0.25) is 9.69 Å². The van der Waals surface area contributed by atoms with Gasteiger partial charge in [0.05, 0.1) is 0 Å². The number of benzene rings is 1. The van der Waals surface area contributed by atoms with Crippen LogP contribution in [-0.2, 0) is 19.5 Å². The molecular weight excluding hydrogens is 426 g/mol. The van der Waals surface area contributed by atoms with Gasteiger partial charge in [-0.15, -0.1) is 11.3 Å². The van der Waals surface area contributed by atoms with Crippen molar-refractivity contribution >= 4 is 21.4 Å². The lowest BCUT2D eigenvalue weighted by Gasteiger charge is -2.41. The maximum absolute atomic E-state index is 13.8. The summed E-state index contributed by atoms with van der Waals surface area (Å²) in [6, 6.07) is 11.5. The molecule has 1 aromatic carbocycles. The Bertz CT molecular complexity index is 1200. The van der Waals surface area contributed by atoms with E-state index in [4.69, 9.17) is 0 Å². The summed E-state index contributed by atoms with van der Waals surface area (Å²) in [5, 5.41) is 3.38. The molecule has 0 radical (unpaired) electrons. The Morgan fingerprint density at radius 3 is 2.67 bits per heavy atom. The molecule has 2 fully saturated rings. The summed E-state index contributed by atoms with van der Waals surface area (Å²) in [4.78, 5) is 19.1. The van der Waals surface area contributed by atoms with Gasteiger partial charge in [0.25, 0.3) is 5.56 Å². The van der Waals surface area contributed by atoms with Gasteiger partial charge >= 0.3 is 0 Å². The van der Waals surface area contributed by atoms with Crippen LogP contribution in [0.3, 0.4) is 0 Å². The molecule has 174 valence electrons. The van der Waals surface area contributed by atoms with Crippen LogP contribution in [0.1, 0.15) is 50.3 Å². The van der Waals surface area contributed by atoms with Crippen molar-refractivity contribution in [3.05, 3.63) is 57.3 Å². The minimum Gasteiger partial charge on any atom is -0.311 e. The molecule has 0 atom stereocenters. The average Bonchev–Trinajstić information content (AvgIpc) is 3.53. The topological polar surface area (TPSA) is 28.5 Å². The van der Waals surface area contributed by atoms with Gasteiger partial charge in [0, 0.05) is 53.6 Å². The van der Waals surface area contributed by atoms with Crippen molar-refractivity contribution in [2.45, 2.75) is 64.6 Å². The largest absolute Gasteiger partial charge is 0.311 e. The molecule has 3 aliphatic rings.